The Morgan fingerprint density at radius 2 is 2.18 bits per heavy atom. The van der Waals surface area contributed by atoms with Gasteiger partial charge in [0.25, 0.3) is 0 Å². The summed E-state index contributed by atoms with van der Waals surface area (Å²) in [5.74, 6) is -0.0482. The number of aromatic nitrogens is 4. The van der Waals surface area contributed by atoms with Crippen LogP contribution in [0.2, 0.25) is 0 Å². The van der Waals surface area contributed by atoms with Crippen LogP contribution in [-0.4, -0.2) is 25.8 Å². The number of carbonyl (C=O) groups is 1. The average molecular weight is 230 g/mol. The van der Waals surface area contributed by atoms with Crippen molar-refractivity contribution in [2.45, 2.75) is 20.3 Å². The predicted molar refractivity (Wildman–Crippen MR) is 62.8 cm³/mol. The second-order valence-corrected chi connectivity index (χ2v) is 3.93. The minimum absolute atomic E-state index is 0.0482. The maximum Gasteiger partial charge on any atom is 0.198 e. The van der Waals surface area contributed by atoms with E-state index < -0.39 is 0 Å². The van der Waals surface area contributed by atoms with Crippen molar-refractivity contribution in [2.75, 3.05) is 0 Å². The van der Waals surface area contributed by atoms with Crippen LogP contribution in [0.3, 0.4) is 0 Å². The van der Waals surface area contributed by atoms with E-state index in [1.54, 1.807) is 30.2 Å². The van der Waals surface area contributed by atoms with Gasteiger partial charge in [-0.05, 0) is 19.4 Å². The molecular formula is C12H14N4O. The summed E-state index contributed by atoms with van der Waals surface area (Å²) < 4.78 is 1.61. The minimum Gasteiger partial charge on any atom is -0.288 e. The highest BCUT2D eigenvalue weighted by Gasteiger charge is 2.16. The number of nitrogens with zero attached hydrogens (tertiary/aromatic N) is 4. The third kappa shape index (κ3) is 2.22. The third-order valence-corrected chi connectivity index (χ3v) is 2.54. The van der Waals surface area contributed by atoms with Crippen LogP contribution >= 0.6 is 0 Å². The van der Waals surface area contributed by atoms with E-state index in [-0.39, 0.29) is 5.78 Å². The first-order chi connectivity index (χ1) is 8.11. The van der Waals surface area contributed by atoms with Crippen LogP contribution in [0.5, 0.6) is 0 Å². The molecule has 0 aromatic carbocycles. The van der Waals surface area contributed by atoms with E-state index in [4.69, 9.17) is 0 Å². The Balaban J connectivity index is 2.46. The second kappa shape index (κ2) is 4.45. The van der Waals surface area contributed by atoms with Gasteiger partial charge in [-0.3, -0.25) is 9.48 Å². The molecule has 5 nitrogen and oxygen atoms in total. The van der Waals surface area contributed by atoms with Gasteiger partial charge in [0, 0.05) is 18.8 Å². The standard InChI is InChI=1S/C12H14N4O/c1-4-11-10(5-8(2)14-15-11)12(17)9-6-13-16(3)7-9/h5-7H,4H2,1-3H3. The number of rotatable bonds is 3. The molecule has 0 saturated carbocycles. The second-order valence-electron chi connectivity index (χ2n) is 3.93. The van der Waals surface area contributed by atoms with Crippen molar-refractivity contribution in [3.05, 3.63) is 41.0 Å². The van der Waals surface area contributed by atoms with Crippen molar-refractivity contribution in [1.82, 2.24) is 20.0 Å². The lowest BCUT2D eigenvalue weighted by Crippen LogP contribution is -2.08. The zero-order chi connectivity index (χ0) is 12.4. The van der Waals surface area contributed by atoms with Gasteiger partial charge >= 0.3 is 0 Å². The third-order valence-electron chi connectivity index (χ3n) is 2.54. The lowest BCUT2D eigenvalue weighted by Gasteiger charge is -2.04. The molecule has 2 aromatic rings. The largest absolute Gasteiger partial charge is 0.288 e. The highest BCUT2D eigenvalue weighted by molar-refractivity contribution is 6.09. The van der Waals surface area contributed by atoms with E-state index in [2.05, 4.69) is 15.3 Å². The first kappa shape index (κ1) is 11.4. The number of ketones is 1. The number of hydrogen-bond donors (Lipinski definition) is 0. The highest BCUT2D eigenvalue weighted by Crippen LogP contribution is 2.13. The Bertz CT molecular complexity index is 559. The molecule has 2 heterocycles. The lowest BCUT2D eigenvalue weighted by atomic mass is 10.0. The molecular weight excluding hydrogens is 216 g/mol. The molecule has 0 aliphatic rings. The van der Waals surface area contributed by atoms with Crippen molar-refractivity contribution in [2.24, 2.45) is 7.05 Å². The molecule has 2 rings (SSSR count). The summed E-state index contributed by atoms with van der Waals surface area (Å²) in [6.45, 7) is 3.78. The van der Waals surface area contributed by atoms with E-state index in [0.29, 0.717) is 17.5 Å². The van der Waals surface area contributed by atoms with E-state index in [9.17, 15) is 4.79 Å². The lowest BCUT2D eigenvalue weighted by molar-refractivity contribution is 0.103. The molecule has 0 fully saturated rings. The molecule has 5 heteroatoms. The Morgan fingerprint density at radius 3 is 2.76 bits per heavy atom. The molecule has 0 spiro atoms. The average Bonchev–Trinajstić information content (AvgIpc) is 2.75. The van der Waals surface area contributed by atoms with Crippen LogP contribution in [-0.2, 0) is 13.5 Å². The molecule has 0 saturated heterocycles. The van der Waals surface area contributed by atoms with Crippen molar-refractivity contribution in [3.8, 4) is 0 Å². The summed E-state index contributed by atoms with van der Waals surface area (Å²) in [6.07, 6.45) is 3.96. The molecule has 0 N–H and O–H groups in total. The Kier molecular flexibility index (Phi) is 2.99. The van der Waals surface area contributed by atoms with E-state index in [1.165, 1.54) is 0 Å². The predicted octanol–water partition coefficient (Wildman–Crippen LogP) is 1.31. The molecule has 0 unspecified atom stereocenters. The smallest absolute Gasteiger partial charge is 0.198 e. The van der Waals surface area contributed by atoms with Gasteiger partial charge in [-0.25, -0.2) is 0 Å². The van der Waals surface area contributed by atoms with Gasteiger partial charge in [-0.15, -0.1) is 0 Å². The van der Waals surface area contributed by atoms with Gasteiger partial charge < -0.3 is 0 Å². The van der Waals surface area contributed by atoms with Crippen LogP contribution in [0.25, 0.3) is 0 Å². The van der Waals surface area contributed by atoms with Crippen molar-refractivity contribution in [1.29, 1.82) is 0 Å². The summed E-state index contributed by atoms with van der Waals surface area (Å²) in [4.78, 5) is 12.3. The fraction of sp³-hybridized carbons (Fsp3) is 0.333. The summed E-state index contributed by atoms with van der Waals surface area (Å²) in [6, 6.07) is 1.78. The topological polar surface area (TPSA) is 60.7 Å². The molecule has 88 valence electrons. The monoisotopic (exact) mass is 230 g/mol. The Labute approximate surface area is 99.5 Å². The fourth-order valence-electron chi connectivity index (χ4n) is 1.67. The van der Waals surface area contributed by atoms with Crippen LogP contribution in [0.1, 0.15) is 34.2 Å². The van der Waals surface area contributed by atoms with Crippen molar-refractivity contribution in [3.63, 3.8) is 0 Å². The van der Waals surface area contributed by atoms with Crippen LogP contribution in [0.4, 0.5) is 0 Å². The molecule has 17 heavy (non-hydrogen) atoms. The van der Waals surface area contributed by atoms with Crippen molar-refractivity contribution < 1.29 is 4.79 Å². The zero-order valence-electron chi connectivity index (χ0n) is 10.1. The zero-order valence-corrected chi connectivity index (χ0v) is 10.1. The van der Waals surface area contributed by atoms with Gasteiger partial charge in [-0.1, -0.05) is 6.92 Å². The number of carbonyl (C=O) groups excluding carboxylic acids is 1. The van der Waals surface area contributed by atoms with Gasteiger partial charge in [0.2, 0.25) is 0 Å². The first-order valence-corrected chi connectivity index (χ1v) is 5.48. The molecule has 0 bridgehead atoms. The summed E-state index contributed by atoms with van der Waals surface area (Å²) in [5, 5.41) is 12.0. The number of aryl methyl sites for hydroxylation is 3. The molecule has 2 aromatic heterocycles. The number of hydrogen-bond acceptors (Lipinski definition) is 4. The molecule has 0 aliphatic carbocycles. The Hall–Kier alpha value is -2.04. The summed E-state index contributed by atoms with van der Waals surface area (Å²) in [7, 11) is 1.79. The molecule has 0 aliphatic heterocycles. The van der Waals surface area contributed by atoms with Crippen LogP contribution in [0.15, 0.2) is 18.5 Å². The van der Waals surface area contributed by atoms with E-state index in [0.717, 1.165) is 11.4 Å². The quantitative estimate of drug-likeness (QED) is 0.746. The summed E-state index contributed by atoms with van der Waals surface area (Å²) >= 11 is 0. The Morgan fingerprint density at radius 1 is 1.41 bits per heavy atom. The van der Waals surface area contributed by atoms with Gasteiger partial charge in [0.15, 0.2) is 5.78 Å². The first-order valence-electron chi connectivity index (χ1n) is 5.48. The summed E-state index contributed by atoms with van der Waals surface area (Å²) in [5.41, 5.74) is 2.67. The van der Waals surface area contributed by atoms with Gasteiger partial charge in [0.05, 0.1) is 23.1 Å². The van der Waals surface area contributed by atoms with Gasteiger partial charge in [0.1, 0.15) is 0 Å². The molecule has 0 atom stereocenters. The maximum absolute atomic E-state index is 12.3. The van der Waals surface area contributed by atoms with E-state index in [1.807, 2.05) is 13.8 Å². The van der Waals surface area contributed by atoms with Crippen LogP contribution in [0, 0.1) is 6.92 Å². The molecule has 0 amide bonds. The normalized spacial score (nSPS) is 10.5. The maximum atomic E-state index is 12.3. The molecule has 0 radical (unpaired) electrons. The highest BCUT2D eigenvalue weighted by atomic mass is 16.1. The van der Waals surface area contributed by atoms with E-state index >= 15 is 0 Å². The minimum atomic E-state index is -0.0482. The van der Waals surface area contributed by atoms with Gasteiger partial charge in [-0.2, -0.15) is 15.3 Å². The van der Waals surface area contributed by atoms with Crippen molar-refractivity contribution >= 4 is 5.78 Å². The fourth-order valence-corrected chi connectivity index (χ4v) is 1.67. The van der Waals surface area contributed by atoms with Crippen LogP contribution < -0.4 is 0 Å². The SMILES string of the molecule is CCc1nnc(C)cc1C(=O)c1cnn(C)c1.